The Kier molecular flexibility index (Phi) is 6.13. The van der Waals surface area contributed by atoms with E-state index in [1.807, 2.05) is 29.6 Å². The molecule has 1 aliphatic heterocycles. The second-order valence-electron chi connectivity index (χ2n) is 6.00. The Hall–Kier alpha value is -2.80. The SMILES string of the molecule is COc1cc2c(cc1OC)CN(C(=O)COC(=O)/C=C/c1cccs1)CC2. The molecule has 1 aromatic carbocycles. The fourth-order valence-electron chi connectivity index (χ4n) is 2.90. The number of thiophene rings is 1. The molecule has 3 rings (SSSR count). The fourth-order valence-corrected chi connectivity index (χ4v) is 3.52. The molecule has 0 fully saturated rings. The summed E-state index contributed by atoms with van der Waals surface area (Å²) in [4.78, 5) is 26.8. The highest BCUT2D eigenvalue weighted by molar-refractivity contribution is 7.10. The minimum absolute atomic E-state index is 0.215. The van der Waals surface area contributed by atoms with Gasteiger partial charge in [0.25, 0.3) is 5.91 Å². The van der Waals surface area contributed by atoms with Gasteiger partial charge in [0.05, 0.1) is 14.2 Å². The van der Waals surface area contributed by atoms with Gasteiger partial charge in [0.2, 0.25) is 0 Å². The molecule has 0 atom stereocenters. The van der Waals surface area contributed by atoms with Crippen LogP contribution in [-0.4, -0.2) is 44.1 Å². The van der Waals surface area contributed by atoms with Gasteiger partial charge in [-0.3, -0.25) is 4.79 Å². The summed E-state index contributed by atoms with van der Waals surface area (Å²) in [5.41, 5.74) is 2.14. The third-order valence-corrected chi connectivity index (χ3v) is 5.17. The van der Waals surface area contributed by atoms with Gasteiger partial charge >= 0.3 is 5.97 Å². The van der Waals surface area contributed by atoms with Gasteiger partial charge in [-0.2, -0.15) is 0 Å². The zero-order valence-corrected chi connectivity index (χ0v) is 16.1. The molecule has 2 heterocycles. The lowest BCUT2D eigenvalue weighted by molar-refractivity contribution is -0.148. The molecule has 2 aromatic rings. The molecule has 27 heavy (non-hydrogen) atoms. The summed E-state index contributed by atoms with van der Waals surface area (Å²) < 4.78 is 15.7. The smallest absolute Gasteiger partial charge is 0.331 e. The van der Waals surface area contributed by atoms with Crippen LogP contribution in [-0.2, 0) is 27.3 Å². The van der Waals surface area contributed by atoms with Crippen molar-refractivity contribution in [1.29, 1.82) is 0 Å². The first-order valence-corrected chi connectivity index (χ1v) is 9.38. The van der Waals surface area contributed by atoms with Crippen LogP contribution in [0.15, 0.2) is 35.7 Å². The fraction of sp³-hybridized carbons (Fsp3) is 0.300. The van der Waals surface area contributed by atoms with Crippen molar-refractivity contribution in [2.75, 3.05) is 27.4 Å². The third kappa shape index (κ3) is 4.68. The molecule has 1 amide bonds. The van der Waals surface area contributed by atoms with Gasteiger partial charge in [0.15, 0.2) is 18.1 Å². The van der Waals surface area contributed by atoms with E-state index >= 15 is 0 Å². The summed E-state index contributed by atoms with van der Waals surface area (Å²) in [6, 6.07) is 7.64. The first-order valence-electron chi connectivity index (χ1n) is 8.50. The van der Waals surface area contributed by atoms with Crippen LogP contribution in [0.1, 0.15) is 16.0 Å². The molecular formula is C20H21NO5S. The molecule has 0 bridgehead atoms. The molecule has 0 aliphatic carbocycles. The van der Waals surface area contributed by atoms with Crippen LogP contribution in [0.25, 0.3) is 6.08 Å². The monoisotopic (exact) mass is 387 g/mol. The van der Waals surface area contributed by atoms with Crippen LogP contribution in [0.3, 0.4) is 0 Å². The predicted octanol–water partition coefficient (Wildman–Crippen LogP) is 2.91. The Morgan fingerprint density at radius 1 is 1.19 bits per heavy atom. The second-order valence-corrected chi connectivity index (χ2v) is 6.98. The number of hydrogen-bond donors (Lipinski definition) is 0. The summed E-state index contributed by atoms with van der Waals surface area (Å²) in [6.07, 6.45) is 3.73. The quantitative estimate of drug-likeness (QED) is 0.563. The maximum atomic E-state index is 12.4. The zero-order valence-electron chi connectivity index (χ0n) is 15.3. The van der Waals surface area contributed by atoms with Gasteiger partial charge < -0.3 is 19.1 Å². The normalized spacial score (nSPS) is 13.3. The molecule has 0 saturated carbocycles. The van der Waals surface area contributed by atoms with Crippen LogP contribution < -0.4 is 9.47 Å². The standard InChI is InChI=1S/C20H21NO5S/c1-24-17-10-14-7-8-21(12-15(14)11-18(17)25-2)19(22)13-26-20(23)6-5-16-4-3-9-27-16/h3-6,9-11H,7-8,12-13H2,1-2H3/b6-5+. The highest BCUT2D eigenvalue weighted by Gasteiger charge is 2.23. The summed E-state index contributed by atoms with van der Waals surface area (Å²) in [7, 11) is 3.18. The van der Waals surface area contributed by atoms with E-state index < -0.39 is 5.97 Å². The van der Waals surface area contributed by atoms with E-state index in [4.69, 9.17) is 14.2 Å². The molecule has 0 unspecified atom stereocenters. The summed E-state index contributed by atoms with van der Waals surface area (Å²) in [5, 5.41) is 1.92. The Labute approximate surface area is 162 Å². The molecule has 0 N–H and O–H groups in total. The van der Waals surface area contributed by atoms with Crippen molar-refractivity contribution in [3.05, 3.63) is 51.7 Å². The molecular weight excluding hydrogens is 366 g/mol. The molecule has 142 valence electrons. The van der Waals surface area contributed by atoms with Crippen LogP contribution in [0.5, 0.6) is 11.5 Å². The highest BCUT2D eigenvalue weighted by Crippen LogP contribution is 2.33. The highest BCUT2D eigenvalue weighted by atomic mass is 32.1. The van der Waals surface area contributed by atoms with Crippen molar-refractivity contribution in [3.8, 4) is 11.5 Å². The van der Waals surface area contributed by atoms with Crippen LogP contribution in [0.2, 0.25) is 0 Å². The number of carbonyl (C=O) groups is 2. The summed E-state index contributed by atoms with van der Waals surface area (Å²) in [5.74, 6) is 0.576. The molecule has 7 heteroatoms. The van der Waals surface area contributed by atoms with Gasteiger partial charge in [-0.25, -0.2) is 4.79 Å². The summed E-state index contributed by atoms with van der Waals surface area (Å²) >= 11 is 1.52. The Bertz CT molecular complexity index is 844. The Morgan fingerprint density at radius 3 is 2.59 bits per heavy atom. The Morgan fingerprint density at radius 2 is 1.93 bits per heavy atom. The molecule has 1 aromatic heterocycles. The third-order valence-electron chi connectivity index (χ3n) is 4.34. The molecule has 6 nitrogen and oxygen atoms in total. The van der Waals surface area contributed by atoms with Crippen molar-refractivity contribution < 1.29 is 23.8 Å². The largest absolute Gasteiger partial charge is 0.493 e. The summed E-state index contributed by atoms with van der Waals surface area (Å²) in [6.45, 7) is 0.761. The lowest BCUT2D eigenvalue weighted by atomic mass is 9.99. The molecule has 0 radical (unpaired) electrons. The average molecular weight is 387 g/mol. The first-order chi connectivity index (χ1) is 13.1. The van der Waals surface area contributed by atoms with E-state index in [0.29, 0.717) is 31.0 Å². The van der Waals surface area contributed by atoms with E-state index in [9.17, 15) is 9.59 Å². The van der Waals surface area contributed by atoms with E-state index in [-0.39, 0.29) is 12.5 Å². The topological polar surface area (TPSA) is 65.1 Å². The number of amides is 1. The number of nitrogens with zero attached hydrogens (tertiary/aromatic N) is 1. The number of rotatable bonds is 6. The van der Waals surface area contributed by atoms with Crippen molar-refractivity contribution >= 4 is 29.3 Å². The zero-order chi connectivity index (χ0) is 19.2. The molecule has 1 aliphatic rings. The van der Waals surface area contributed by atoms with Crippen LogP contribution >= 0.6 is 11.3 Å². The van der Waals surface area contributed by atoms with Gasteiger partial charge in [0.1, 0.15) is 0 Å². The lowest BCUT2D eigenvalue weighted by Gasteiger charge is -2.29. The second kappa shape index (κ2) is 8.73. The maximum absolute atomic E-state index is 12.4. The van der Waals surface area contributed by atoms with Crippen molar-refractivity contribution in [2.24, 2.45) is 0 Å². The predicted molar refractivity (Wildman–Crippen MR) is 103 cm³/mol. The number of hydrogen-bond acceptors (Lipinski definition) is 6. The van der Waals surface area contributed by atoms with Crippen molar-refractivity contribution in [1.82, 2.24) is 4.90 Å². The Balaban J connectivity index is 1.56. The average Bonchev–Trinajstić information content (AvgIpc) is 3.22. The van der Waals surface area contributed by atoms with Crippen molar-refractivity contribution in [3.63, 3.8) is 0 Å². The minimum Gasteiger partial charge on any atom is -0.493 e. The van der Waals surface area contributed by atoms with Gasteiger partial charge in [-0.05, 0) is 47.2 Å². The van der Waals surface area contributed by atoms with Gasteiger partial charge in [0, 0.05) is 24.0 Å². The molecule has 0 saturated heterocycles. The molecule has 0 spiro atoms. The number of carbonyl (C=O) groups excluding carboxylic acids is 2. The van der Waals surface area contributed by atoms with E-state index in [1.165, 1.54) is 17.4 Å². The van der Waals surface area contributed by atoms with E-state index in [0.717, 1.165) is 16.0 Å². The first kappa shape index (κ1) is 19.0. The number of fused-ring (bicyclic) bond motifs is 1. The van der Waals surface area contributed by atoms with Crippen LogP contribution in [0.4, 0.5) is 0 Å². The number of ether oxygens (including phenoxy) is 3. The van der Waals surface area contributed by atoms with Gasteiger partial charge in [-0.1, -0.05) is 6.07 Å². The lowest BCUT2D eigenvalue weighted by Crippen LogP contribution is -2.38. The number of esters is 1. The number of methoxy groups -OCH3 is 2. The van der Waals surface area contributed by atoms with Crippen LogP contribution in [0, 0.1) is 0 Å². The maximum Gasteiger partial charge on any atom is 0.331 e. The number of benzene rings is 1. The van der Waals surface area contributed by atoms with E-state index in [1.54, 1.807) is 25.2 Å². The van der Waals surface area contributed by atoms with Crippen molar-refractivity contribution in [2.45, 2.75) is 13.0 Å². The van der Waals surface area contributed by atoms with Gasteiger partial charge in [-0.15, -0.1) is 11.3 Å². The minimum atomic E-state index is -0.527. The van der Waals surface area contributed by atoms with E-state index in [2.05, 4.69) is 0 Å².